The second kappa shape index (κ2) is 5.46. The Labute approximate surface area is 112 Å². The fourth-order valence-electron chi connectivity index (χ4n) is 2.66. The zero-order chi connectivity index (χ0) is 12.4. The van der Waals surface area contributed by atoms with Crippen LogP contribution in [-0.2, 0) is 0 Å². The van der Waals surface area contributed by atoms with Gasteiger partial charge in [0, 0.05) is 29.0 Å². The Balaban J connectivity index is 2.31. The summed E-state index contributed by atoms with van der Waals surface area (Å²) < 4.78 is 1.02. The van der Waals surface area contributed by atoms with Crippen molar-refractivity contribution in [1.29, 1.82) is 0 Å². The summed E-state index contributed by atoms with van der Waals surface area (Å²) in [5.41, 5.74) is 7.53. The SMILES string of the molecule is CC(C)N1CCCC(N)C1c1cncc(Br)c1. The number of halogens is 1. The lowest BCUT2D eigenvalue weighted by atomic mass is 9.91. The van der Waals surface area contributed by atoms with E-state index < -0.39 is 0 Å². The first-order chi connectivity index (χ1) is 8.09. The first-order valence-corrected chi connectivity index (χ1v) is 7.00. The van der Waals surface area contributed by atoms with Crippen LogP contribution in [0.3, 0.4) is 0 Å². The van der Waals surface area contributed by atoms with E-state index in [9.17, 15) is 0 Å². The number of hydrogen-bond acceptors (Lipinski definition) is 3. The van der Waals surface area contributed by atoms with Crippen LogP contribution < -0.4 is 5.73 Å². The van der Waals surface area contributed by atoms with Crippen molar-refractivity contribution in [1.82, 2.24) is 9.88 Å². The van der Waals surface area contributed by atoms with Gasteiger partial charge in [-0.3, -0.25) is 9.88 Å². The molecule has 1 fully saturated rings. The zero-order valence-corrected chi connectivity index (χ0v) is 12.0. The highest BCUT2D eigenvalue weighted by Crippen LogP contribution is 2.32. The third-order valence-electron chi connectivity index (χ3n) is 3.45. The summed E-state index contributed by atoms with van der Waals surface area (Å²) in [6, 6.07) is 3.17. The number of aromatic nitrogens is 1. The molecule has 1 aliphatic heterocycles. The number of piperidine rings is 1. The molecule has 0 radical (unpaired) electrons. The predicted molar refractivity (Wildman–Crippen MR) is 73.7 cm³/mol. The number of hydrogen-bond donors (Lipinski definition) is 1. The van der Waals surface area contributed by atoms with Crippen molar-refractivity contribution < 1.29 is 0 Å². The van der Waals surface area contributed by atoms with Gasteiger partial charge in [-0.15, -0.1) is 0 Å². The minimum absolute atomic E-state index is 0.210. The summed E-state index contributed by atoms with van der Waals surface area (Å²) in [4.78, 5) is 6.74. The van der Waals surface area contributed by atoms with Gasteiger partial charge in [-0.25, -0.2) is 0 Å². The average molecular weight is 298 g/mol. The average Bonchev–Trinajstić information content (AvgIpc) is 2.28. The molecular formula is C13H20BrN3. The molecule has 17 heavy (non-hydrogen) atoms. The van der Waals surface area contributed by atoms with E-state index in [-0.39, 0.29) is 6.04 Å². The standard InChI is InChI=1S/C13H20BrN3/c1-9(2)17-5-3-4-12(15)13(17)10-6-11(14)8-16-7-10/h6-9,12-13H,3-5,15H2,1-2H3. The summed E-state index contributed by atoms with van der Waals surface area (Å²) >= 11 is 3.48. The van der Waals surface area contributed by atoms with Crippen molar-refractivity contribution in [3.63, 3.8) is 0 Å². The molecule has 3 nitrogen and oxygen atoms in total. The van der Waals surface area contributed by atoms with E-state index in [1.807, 2.05) is 12.4 Å². The number of rotatable bonds is 2. The van der Waals surface area contributed by atoms with Crippen LogP contribution >= 0.6 is 15.9 Å². The Morgan fingerprint density at radius 2 is 2.24 bits per heavy atom. The van der Waals surface area contributed by atoms with Gasteiger partial charge in [-0.1, -0.05) is 0 Å². The molecule has 2 N–H and O–H groups in total. The minimum Gasteiger partial charge on any atom is -0.326 e. The lowest BCUT2D eigenvalue weighted by molar-refractivity contribution is 0.0944. The Hall–Kier alpha value is -0.450. The van der Waals surface area contributed by atoms with E-state index in [0.717, 1.165) is 17.4 Å². The predicted octanol–water partition coefficient (Wildman–Crippen LogP) is 2.72. The van der Waals surface area contributed by atoms with Crippen LogP contribution in [0.5, 0.6) is 0 Å². The second-order valence-electron chi connectivity index (χ2n) is 5.02. The molecule has 0 bridgehead atoms. The Kier molecular flexibility index (Phi) is 4.17. The van der Waals surface area contributed by atoms with Crippen molar-refractivity contribution in [3.8, 4) is 0 Å². The van der Waals surface area contributed by atoms with Crippen LogP contribution in [-0.4, -0.2) is 28.5 Å². The third kappa shape index (κ3) is 2.87. The number of nitrogens with zero attached hydrogens (tertiary/aromatic N) is 2. The summed E-state index contributed by atoms with van der Waals surface area (Å²) in [6.07, 6.45) is 6.05. The lowest BCUT2D eigenvalue weighted by Gasteiger charge is -2.42. The largest absolute Gasteiger partial charge is 0.326 e. The maximum absolute atomic E-state index is 6.30. The van der Waals surface area contributed by atoms with E-state index in [1.165, 1.54) is 12.0 Å². The first-order valence-electron chi connectivity index (χ1n) is 6.21. The van der Waals surface area contributed by atoms with Crippen molar-refractivity contribution in [2.75, 3.05) is 6.54 Å². The summed E-state index contributed by atoms with van der Waals surface area (Å²) in [6.45, 7) is 5.59. The summed E-state index contributed by atoms with van der Waals surface area (Å²) in [5.74, 6) is 0. The fraction of sp³-hybridized carbons (Fsp3) is 0.615. The molecule has 94 valence electrons. The number of likely N-dealkylation sites (tertiary alicyclic amines) is 1. The smallest absolute Gasteiger partial charge is 0.0517 e. The van der Waals surface area contributed by atoms with Gasteiger partial charge in [0.15, 0.2) is 0 Å². The monoisotopic (exact) mass is 297 g/mol. The Bertz CT molecular complexity index is 381. The Morgan fingerprint density at radius 1 is 1.47 bits per heavy atom. The molecule has 1 aromatic rings. The molecule has 1 saturated heterocycles. The molecule has 0 aromatic carbocycles. The molecular weight excluding hydrogens is 278 g/mol. The van der Waals surface area contributed by atoms with Crippen LogP contribution in [0.2, 0.25) is 0 Å². The molecule has 0 aliphatic carbocycles. The maximum atomic E-state index is 6.30. The van der Waals surface area contributed by atoms with E-state index in [0.29, 0.717) is 12.1 Å². The van der Waals surface area contributed by atoms with Crippen LogP contribution in [0, 0.1) is 0 Å². The highest BCUT2D eigenvalue weighted by molar-refractivity contribution is 9.10. The minimum atomic E-state index is 0.210. The van der Waals surface area contributed by atoms with Crippen molar-refractivity contribution in [2.24, 2.45) is 5.73 Å². The van der Waals surface area contributed by atoms with Crippen molar-refractivity contribution in [2.45, 2.75) is 44.8 Å². The molecule has 2 heterocycles. The van der Waals surface area contributed by atoms with E-state index in [2.05, 4.69) is 45.7 Å². The van der Waals surface area contributed by atoms with Gasteiger partial charge in [-0.05, 0) is 60.8 Å². The van der Waals surface area contributed by atoms with Crippen molar-refractivity contribution >= 4 is 15.9 Å². The van der Waals surface area contributed by atoms with Gasteiger partial charge in [0.1, 0.15) is 0 Å². The van der Waals surface area contributed by atoms with Crippen LogP contribution in [0.4, 0.5) is 0 Å². The van der Waals surface area contributed by atoms with Gasteiger partial charge in [0.05, 0.1) is 6.04 Å². The van der Waals surface area contributed by atoms with Crippen LogP contribution in [0.15, 0.2) is 22.9 Å². The number of pyridine rings is 1. The molecule has 1 aliphatic rings. The van der Waals surface area contributed by atoms with E-state index in [1.54, 1.807) is 0 Å². The molecule has 2 unspecified atom stereocenters. The second-order valence-corrected chi connectivity index (χ2v) is 5.93. The maximum Gasteiger partial charge on any atom is 0.0517 e. The normalized spacial score (nSPS) is 26.4. The highest BCUT2D eigenvalue weighted by atomic mass is 79.9. The molecule has 0 amide bonds. The van der Waals surface area contributed by atoms with Gasteiger partial charge in [-0.2, -0.15) is 0 Å². The molecule has 1 aromatic heterocycles. The fourth-order valence-corrected chi connectivity index (χ4v) is 3.04. The van der Waals surface area contributed by atoms with Gasteiger partial charge >= 0.3 is 0 Å². The molecule has 2 atom stereocenters. The zero-order valence-electron chi connectivity index (χ0n) is 10.4. The van der Waals surface area contributed by atoms with Crippen molar-refractivity contribution in [3.05, 3.63) is 28.5 Å². The third-order valence-corrected chi connectivity index (χ3v) is 3.88. The lowest BCUT2D eigenvalue weighted by Crippen LogP contribution is -2.48. The topological polar surface area (TPSA) is 42.1 Å². The molecule has 4 heteroatoms. The van der Waals surface area contributed by atoms with Crippen LogP contribution in [0.25, 0.3) is 0 Å². The summed E-state index contributed by atoms with van der Waals surface area (Å²) in [7, 11) is 0. The highest BCUT2D eigenvalue weighted by Gasteiger charge is 2.31. The van der Waals surface area contributed by atoms with E-state index >= 15 is 0 Å². The molecule has 0 spiro atoms. The molecule has 0 saturated carbocycles. The van der Waals surface area contributed by atoms with E-state index in [4.69, 9.17) is 5.73 Å². The number of nitrogens with two attached hydrogens (primary N) is 1. The molecule has 2 rings (SSSR count). The van der Waals surface area contributed by atoms with Gasteiger partial charge in [0.25, 0.3) is 0 Å². The van der Waals surface area contributed by atoms with Gasteiger partial charge in [0.2, 0.25) is 0 Å². The summed E-state index contributed by atoms with van der Waals surface area (Å²) in [5, 5.41) is 0. The quantitative estimate of drug-likeness (QED) is 0.913. The Morgan fingerprint density at radius 3 is 2.88 bits per heavy atom. The first kappa shape index (κ1) is 13.0. The van der Waals surface area contributed by atoms with Crippen LogP contribution in [0.1, 0.15) is 38.3 Å². The van der Waals surface area contributed by atoms with Gasteiger partial charge < -0.3 is 5.73 Å².